The molecule has 1 aromatic rings. The highest BCUT2D eigenvalue weighted by atomic mass is 16.3. The maximum absolute atomic E-state index is 10.3. The van der Waals surface area contributed by atoms with Crippen LogP contribution in [0.25, 0.3) is 6.08 Å². The number of aldehydes is 1. The van der Waals surface area contributed by atoms with Gasteiger partial charge >= 0.3 is 0 Å². The lowest BCUT2D eigenvalue weighted by atomic mass is 10.1. The molecule has 0 radical (unpaired) electrons. The average molecular weight is 187 g/mol. The maximum Gasteiger partial charge on any atom is 0.160 e. The Morgan fingerprint density at radius 3 is 2.50 bits per heavy atom. The van der Waals surface area contributed by atoms with E-state index in [1.807, 2.05) is 0 Å². The second-order valence-electron chi connectivity index (χ2n) is 2.73. The summed E-state index contributed by atoms with van der Waals surface area (Å²) in [5.41, 5.74) is 1.65. The molecule has 1 aromatic carbocycles. The van der Waals surface area contributed by atoms with E-state index in [9.17, 15) is 4.79 Å². The third kappa shape index (κ3) is 2.54. The van der Waals surface area contributed by atoms with Crippen LogP contribution in [0.5, 0.6) is 0 Å². The monoisotopic (exact) mass is 187 g/mol. The molecule has 0 aromatic heterocycles. The summed E-state index contributed by atoms with van der Waals surface area (Å²) in [4.78, 5) is 10.3. The molecule has 0 aliphatic carbocycles. The standard InChI is InChI=1S/C11H9NO2/c12-6-11(8-14)5-9-1-3-10(7-13)4-2-9/h1-5,8,13H,7H2/b11-5+. The van der Waals surface area contributed by atoms with Crippen LogP contribution in [0.1, 0.15) is 11.1 Å². The minimum absolute atomic E-state index is 0.0111. The van der Waals surface area contributed by atoms with Gasteiger partial charge in [-0.3, -0.25) is 4.79 Å². The Kier molecular flexibility index (Phi) is 3.59. The molecule has 0 saturated carbocycles. The SMILES string of the molecule is N#C/C(C=O)=C\c1ccc(CO)cc1. The van der Waals surface area contributed by atoms with E-state index >= 15 is 0 Å². The van der Waals surface area contributed by atoms with Gasteiger partial charge in [0.05, 0.1) is 12.2 Å². The highest BCUT2D eigenvalue weighted by molar-refractivity contribution is 5.86. The largest absolute Gasteiger partial charge is 0.392 e. The normalized spacial score (nSPS) is 10.7. The summed E-state index contributed by atoms with van der Waals surface area (Å²) >= 11 is 0. The zero-order valence-corrected chi connectivity index (χ0v) is 7.47. The first-order chi connectivity index (χ1) is 6.80. The first-order valence-corrected chi connectivity index (χ1v) is 4.07. The molecule has 0 atom stereocenters. The smallest absolute Gasteiger partial charge is 0.160 e. The molecule has 0 heterocycles. The summed E-state index contributed by atoms with van der Waals surface area (Å²) in [6.07, 6.45) is 2.01. The van der Waals surface area contributed by atoms with Gasteiger partial charge in [0, 0.05) is 0 Å². The average Bonchev–Trinajstić information content (AvgIpc) is 2.26. The van der Waals surface area contributed by atoms with Gasteiger partial charge < -0.3 is 5.11 Å². The van der Waals surface area contributed by atoms with Crippen molar-refractivity contribution in [3.05, 3.63) is 41.0 Å². The fourth-order valence-electron chi connectivity index (χ4n) is 0.991. The summed E-state index contributed by atoms with van der Waals surface area (Å²) in [5.74, 6) is 0. The van der Waals surface area contributed by atoms with Gasteiger partial charge in [-0.2, -0.15) is 5.26 Å². The van der Waals surface area contributed by atoms with Gasteiger partial charge in [0.2, 0.25) is 0 Å². The topological polar surface area (TPSA) is 61.1 Å². The van der Waals surface area contributed by atoms with E-state index in [4.69, 9.17) is 10.4 Å². The molecule has 0 amide bonds. The number of carbonyl (C=O) groups excluding carboxylic acids is 1. The molecule has 1 rings (SSSR count). The minimum Gasteiger partial charge on any atom is -0.392 e. The number of nitriles is 1. The Hall–Kier alpha value is -1.92. The Bertz CT molecular complexity index is 385. The molecule has 14 heavy (non-hydrogen) atoms. The Balaban J connectivity index is 2.94. The number of rotatable bonds is 3. The predicted octanol–water partition coefficient (Wildman–Crippen LogP) is 1.28. The van der Waals surface area contributed by atoms with Gasteiger partial charge in [0.25, 0.3) is 0 Å². The zero-order valence-electron chi connectivity index (χ0n) is 7.47. The van der Waals surface area contributed by atoms with Gasteiger partial charge in [-0.25, -0.2) is 0 Å². The van der Waals surface area contributed by atoms with Crippen LogP contribution < -0.4 is 0 Å². The molecular weight excluding hydrogens is 178 g/mol. The van der Waals surface area contributed by atoms with Crippen molar-refractivity contribution in [1.29, 1.82) is 5.26 Å². The predicted molar refractivity (Wildman–Crippen MR) is 52.0 cm³/mol. The first-order valence-electron chi connectivity index (χ1n) is 4.07. The molecule has 0 saturated heterocycles. The zero-order chi connectivity index (χ0) is 10.4. The molecule has 0 fully saturated rings. The number of nitrogens with zero attached hydrogens (tertiary/aromatic N) is 1. The maximum atomic E-state index is 10.3. The molecule has 1 N–H and O–H groups in total. The van der Waals surface area contributed by atoms with E-state index < -0.39 is 0 Å². The van der Waals surface area contributed by atoms with Gasteiger partial charge in [0.15, 0.2) is 6.29 Å². The fraction of sp³-hybridized carbons (Fsp3) is 0.0909. The number of hydrogen-bond donors (Lipinski definition) is 1. The van der Waals surface area contributed by atoms with E-state index in [0.29, 0.717) is 6.29 Å². The van der Waals surface area contributed by atoms with Crippen molar-refractivity contribution in [1.82, 2.24) is 0 Å². The van der Waals surface area contributed by atoms with Gasteiger partial charge in [0.1, 0.15) is 6.07 Å². The second kappa shape index (κ2) is 4.95. The quantitative estimate of drug-likeness (QED) is 0.440. The third-order valence-electron chi connectivity index (χ3n) is 1.74. The lowest BCUT2D eigenvalue weighted by Gasteiger charge is -1.96. The van der Waals surface area contributed by atoms with Crippen LogP contribution in [0.4, 0.5) is 0 Å². The van der Waals surface area contributed by atoms with Crippen LogP contribution in [0.3, 0.4) is 0 Å². The lowest BCUT2D eigenvalue weighted by Crippen LogP contribution is -1.83. The molecule has 0 aliphatic rings. The minimum atomic E-state index is -0.0111. The van der Waals surface area contributed by atoms with Crippen molar-refractivity contribution < 1.29 is 9.90 Å². The van der Waals surface area contributed by atoms with Gasteiger partial charge in [-0.1, -0.05) is 24.3 Å². The van der Waals surface area contributed by atoms with Crippen LogP contribution in [-0.4, -0.2) is 11.4 Å². The molecule has 0 aliphatic heterocycles. The van der Waals surface area contributed by atoms with E-state index in [1.165, 1.54) is 6.08 Å². The first kappa shape index (κ1) is 10.2. The molecule has 0 bridgehead atoms. The third-order valence-corrected chi connectivity index (χ3v) is 1.74. The van der Waals surface area contributed by atoms with Gasteiger partial charge in [-0.15, -0.1) is 0 Å². The van der Waals surface area contributed by atoms with Crippen molar-refractivity contribution in [3.63, 3.8) is 0 Å². The summed E-state index contributed by atoms with van der Waals surface area (Å²) < 4.78 is 0. The molecule has 3 heteroatoms. The Morgan fingerprint density at radius 1 is 1.43 bits per heavy atom. The lowest BCUT2D eigenvalue weighted by molar-refractivity contribution is -0.104. The fourth-order valence-corrected chi connectivity index (χ4v) is 0.991. The number of hydrogen-bond acceptors (Lipinski definition) is 3. The number of benzene rings is 1. The molecular formula is C11H9NO2. The number of aliphatic hydroxyl groups is 1. The molecule has 3 nitrogen and oxygen atoms in total. The van der Waals surface area contributed by atoms with Crippen molar-refractivity contribution >= 4 is 12.4 Å². The van der Waals surface area contributed by atoms with E-state index in [-0.39, 0.29) is 12.2 Å². The Labute approximate surface area is 81.9 Å². The van der Waals surface area contributed by atoms with E-state index in [0.717, 1.165) is 11.1 Å². The van der Waals surface area contributed by atoms with Crippen molar-refractivity contribution in [2.75, 3.05) is 0 Å². The Morgan fingerprint density at radius 2 is 2.07 bits per heavy atom. The van der Waals surface area contributed by atoms with Crippen LogP contribution in [0.15, 0.2) is 29.8 Å². The van der Waals surface area contributed by atoms with E-state index in [1.54, 1.807) is 30.3 Å². The van der Waals surface area contributed by atoms with Gasteiger partial charge in [-0.05, 0) is 17.2 Å². The summed E-state index contributed by atoms with van der Waals surface area (Å²) in [6, 6.07) is 8.74. The molecule has 70 valence electrons. The number of aliphatic hydroxyl groups excluding tert-OH is 1. The molecule has 0 spiro atoms. The highest BCUT2D eigenvalue weighted by Gasteiger charge is 1.94. The summed E-state index contributed by atoms with van der Waals surface area (Å²) in [7, 11) is 0. The van der Waals surface area contributed by atoms with E-state index in [2.05, 4.69) is 0 Å². The van der Waals surface area contributed by atoms with Crippen molar-refractivity contribution in [3.8, 4) is 6.07 Å². The number of allylic oxidation sites excluding steroid dienone is 1. The van der Waals surface area contributed by atoms with Crippen molar-refractivity contribution in [2.24, 2.45) is 0 Å². The van der Waals surface area contributed by atoms with Crippen LogP contribution in [0, 0.1) is 11.3 Å². The summed E-state index contributed by atoms with van der Waals surface area (Å²) in [6.45, 7) is -0.0111. The summed E-state index contributed by atoms with van der Waals surface area (Å²) in [5, 5.41) is 17.3. The van der Waals surface area contributed by atoms with Crippen LogP contribution in [0.2, 0.25) is 0 Å². The van der Waals surface area contributed by atoms with Crippen molar-refractivity contribution in [2.45, 2.75) is 6.61 Å². The number of carbonyl (C=O) groups is 1. The van der Waals surface area contributed by atoms with Crippen LogP contribution >= 0.6 is 0 Å². The highest BCUT2D eigenvalue weighted by Crippen LogP contribution is 2.07. The molecule has 0 unspecified atom stereocenters. The van der Waals surface area contributed by atoms with Crippen LogP contribution in [-0.2, 0) is 11.4 Å². The second-order valence-corrected chi connectivity index (χ2v) is 2.73.